The second kappa shape index (κ2) is 9.93. The molecule has 0 unspecified atom stereocenters. The van der Waals surface area contributed by atoms with Crippen LogP contribution in [0.3, 0.4) is 0 Å². The van der Waals surface area contributed by atoms with Crippen LogP contribution in [-0.2, 0) is 26.2 Å². The zero-order valence-corrected chi connectivity index (χ0v) is 20.7. The highest BCUT2D eigenvalue weighted by Gasteiger charge is 2.34. The number of halogens is 1. The number of ether oxygens (including phenoxy) is 1. The summed E-state index contributed by atoms with van der Waals surface area (Å²) in [4.78, 5) is 26.6. The van der Waals surface area contributed by atoms with E-state index in [4.69, 9.17) is 16.3 Å². The molecule has 4 rings (SSSR count). The van der Waals surface area contributed by atoms with Gasteiger partial charge in [-0.05, 0) is 48.1 Å². The summed E-state index contributed by atoms with van der Waals surface area (Å²) in [6.45, 7) is 4.71. The zero-order valence-electron chi connectivity index (χ0n) is 19.2. The number of nitrogens with one attached hydrogen (secondary N) is 1. The summed E-state index contributed by atoms with van der Waals surface area (Å²) in [5, 5.41) is 3.29. The molecule has 8 nitrogen and oxygen atoms in total. The molecule has 2 aromatic carbocycles. The molecule has 2 aliphatic heterocycles. The molecule has 2 amide bonds. The molecule has 0 saturated carbocycles. The van der Waals surface area contributed by atoms with Crippen LogP contribution >= 0.6 is 11.6 Å². The number of piperidine rings is 1. The van der Waals surface area contributed by atoms with Gasteiger partial charge in [-0.2, -0.15) is 4.31 Å². The molecule has 0 aliphatic carbocycles. The highest BCUT2D eigenvalue weighted by atomic mass is 35.5. The number of carbonyl (C=O) groups is 2. The fourth-order valence-corrected chi connectivity index (χ4v) is 6.40. The van der Waals surface area contributed by atoms with E-state index >= 15 is 0 Å². The summed E-state index contributed by atoms with van der Waals surface area (Å²) in [6, 6.07) is 11.6. The summed E-state index contributed by atoms with van der Waals surface area (Å²) >= 11 is 6.14. The maximum absolute atomic E-state index is 13.4. The molecule has 182 valence electrons. The molecule has 0 bridgehead atoms. The minimum atomic E-state index is -3.76. The van der Waals surface area contributed by atoms with E-state index in [2.05, 4.69) is 5.32 Å². The van der Waals surface area contributed by atoms with Crippen LogP contribution in [-0.4, -0.2) is 50.8 Å². The van der Waals surface area contributed by atoms with Crippen molar-refractivity contribution in [3.8, 4) is 5.75 Å². The average Bonchev–Trinajstić information content (AvgIpc) is 2.79. The molecular weight excluding hydrogens is 478 g/mol. The highest BCUT2D eigenvalue weighted by molar-refractivity contribution is 7.89. The van der Waals surface area contributed by atoms with Crippen LogP contribution in [0.15, 0.2) is 47.4 Å². The van der Waals surface area contributed by atoms with Crippen molar-refractivity contribution in [2.24, 2.45) is 11.8 Å². The van der Waals surface area contributed by atoms with Gasteiger partial charge in [-0.1, -0.05) is 43.6 Å². The second-order valence-electron chi connectivity index (χ2n) is 9.03. The fraction of sp³-hybridized carbons (Fsp3) is 0.417. The van der Waals surface area contributed by atoms with Gasteiger partial charge >= 0.3 is 0 Å². The van der Waals surface area contributed by atoms with Crippen LogP contribution in [0.5, 0.6) is 5.75 Å². The zero-order chi connectivity index (χ0) is 24.5. The Morgan fingerprint density at radius 3 is 2.56 bits per heavy atom. The van der Waals surface area contributed by atoms with E-state index in [0.717, 1.165) is 12.0 Å². The third-order valence-corrected chi connectivity index (χ3v) is 8.28. The van der Waals surface area contributed by atoms with Crippen LogP contribution in [0, 0.1) is 11.8 Å². The Hall–Kier alpha value is -2.62. The van der Waals surface area contributed by atoms with Gasteiger partial charge in [0.15, 0.2) is 6.61 Å². The van der Waals surface area contributed by atoms with Crippen LogP contribution in [0.1, 0.15) is 25.8 Å². The lowest BCUT2D eigenvalue weighted by Gasteiger charge is -2.34. The molecule has 10 heteroatoms. The first-order valence-corrected chi connectivity index (χ1v) is 13.0. The summed E-state index contributed by atoms with van der Waals surface area (Å²) in [6.07, 6.45) is 0.982. The first kappa shape index (κ1) is 24.5. The van der Waals surface area contributed by atoms with Crippen molar-refractivity contribution in [3.63, 3.8) is 0 Å². The number of rotatable bonds is 6. The predicted octanol–water partition coefficient (Wildman–Crippen LogP) is 3.05. The summed E-state index contributed by atoms with van der Waals surface area (Å²) in [5.74, 6) is 0.0693. The van der Waals surface area contributed by atoms with E-state index in [9.17, 15) is 18.0 Å². The van der Waals surface area contributed by atoms with E-state index in [1.165, 1.54) is 21.3 Å². The van der Waals surface area contributed by atoms with Gasteiger partial charge in [0, 0.05) is 24.7 Å². The van der Waals surface area contributed by atoms with E-state index in [1.807, 2.05) is 19.9 Å². The number of amides is 2. The maximum atomic E-state index is 13.4. The van der Waals surface area contributed by atoms with Gasteiger partial charge < -0.3 is 10.1 Å². The Balaban J connectivity index is 1.54. The lowest BCUT2D eigenvalue weighted by Crippen LogP contribution is -2.45. The number of fused-ring (bicyclic) bond motifs is 1. The molecule has 0 radical (unpaired) electrons. The van der Waals surface area contributed by atoms with Gasteiger partial charge in [-0.25, -0.2) is 8.42 Å². The normalized spacial score (nSPS) is 21.0. The van der Waals surface area contributed by atoms with E-state index in [0.29, 0.717) is 23.9 Å². The third-order valence-electron chi connectivity index (χ3n) is 6.08. The van der Waals surface area contributed by atoms with Crippen LogP contribution in [0.4, 0.5) is 5.69 Å². The number of nitrogens with zero attached hydrogens (tertiary/aromatic N) is 2. The van der Waals surface area contributed by atoms with E-state index in [-0.39, 0.29) is 42.1 Å². The van der Waals surface area contributed by atoms with Gasteiger partial charge in [0.1, 0.15) is 12.3 Å². The van der Waals surface area contributed by atoms with Crippen molar-refractivity contribution in [2.45, 2.75) is 31.7 Å². The first-order valence-electron chi connectivity index (χ1n) is 11.2. The molecule has 0 spiro atoms. The topological polar surface area (TPSA) is 96.0 Å². The Bertz CT molecular complexity index is 1190. The fourth-order valence-electron chi connectivity index (χ4n) is 4.50. The molecular formula is C24H28ClN3O5S. The Morgan fingerprint density at radius 1 is 1.15 bits per heavy atom. The van der Waals surface area contributed by atoms with Crippen molar-refractivity contribution in [1.29, 1.82) is 0 Å². The molecule has 0 aromatic heterocycles. The minimum Gasteiger partial charge on any atom is -0.482 e. The summed E-state index contributed by atoms with van der Waals surface area (Å²) < 4.78 is 33.7. The number of anilines is 1. The van der Waals surface area contributed by atoms with Gasteiger partial charge in [0.2, 0.25) is 15.9 Å². The van der Waals surface area contributed by atoms with Crippen molar-refractivity contribution in [1.82, 2.24) is 9.62 Å². The third kappa shape index (κ3) is 5.21. The Morgan fingerprint density at radius 2 is 1.85 bits per heavy atom. The van der Waals surface area contributed by atoms with Crippen molar-refractivity contribution < 1.29 is 22.7 Å². The lowest BCUT2D eigenvalue weighted by molar-refractivity contribution is -0.125. The predicted molar refractivity (Wildman–Crippen MR) is 129 cm³/mol. The first-order chi connectivity index (χ1) is 16.1. The molecule has 1 saturated heterocycles. The Labute approximate surface area is 204 Å². The maximum Gasteiger partial charge on any atom is 0.265 e. The standard InChI is InChI=1S/C24H28ClN3O5S/c1-16-9-17(2)13-27(12-16)34(31,32)19-7-8-22-21(10-19)28(24(30)15-33-22)14-23(29)26-11-18-5-3-4-6-20(18)25/h3-8,10,16-17H,9,11-15H2,1-2H3,(H,26,29)/t16-,17-/m1/s1. The largest absolute Gasteiger partial charge is 0.482 e. The van der Waals surface area contributed by atoms with E-state index < -0.39 is 21.8 Å². The molecule has 34 heavy (non-hydrogen) atoms. The Kier molecular flexibility index (Phi) is 7.16. The monoisotopic (exact) mass is 505 g/mol. The van der Waals surface area contributed by atoms with Crippen molar-refractivity contribution >= 4 is 39.1 Å². The molecule has 2 aliphatic rings. The minimum absolute atomic E-state index is 0.0762. The number of hydrogen-bond acceptors (Lipinski definition) is 5. The molecule has 2 atom stereocenters. The van der Waals surface area contributed by atoms with Crippen LogP contribution in [0.25, 0.3) is 0 Å². The van der Waals surface area contributed by atoms with E-state index in [1.54, 1.807) is 24.3 Å². The molecule has 1 fully saturated rings. The molecule has 2 aromatic rings. The number of benzene rings is 2. The quantitative estimate of drug-likeness (QED) is 0.651. The number of sulfonamides is 1. The SMILES string of the molecule is C[C@@H]1C[C@@H](C)CN(S(=O)(=O)c2ccc3c(c2)N(CC(=O)NCc2ccccc2Cl)C(=O)CO3)C1. The summed E-state index contributed by atoms with van der Waals surface area (Å²) in [7, 11) is -3.76. The van der Waals surface area contributed by atoms with Gasteiger partial charge in [0.05, 0.1) is 10.6 Å². The second-order valence-corrected chi connectivity index (χ2v) is 11.4. The van der Waals surface area contributed by atoms with Crippen molar-refractivity contribution in [2.75, 3.05) is 31.1 Å². The van der Waals surface area contributed by atoms with Gasteiger partial charge in [-0.3, -0.25) is 14.5 Å². The number of carbonyl (C=O) groups excluding carboxylic acids is 2. The summed E-state index contributed by atoms with van der Waals surface area (Å²) in [5.41, 5.74) is 1.02. The van der Waals surface area contributed by atoms with Gasteiger partial charge in [-0.15, -0.1) is 0 Å². The van der Waals surface area contributed by atoms with Crippen LogP contribution in [0.2, 0.25) is 5.02 Å². The number of hydrogen-bond donors (Lipinski definition) is 1. The molecule has 2 heterocycles. The van der Waals surface area contributed by atoms with Gasteiger partial charge in [0.25, 0.3) is 5.91 Å². The van der Waals surface area contributed by atoms with Crippen LogP contribution < -0.4 is 15.0 Å². The van der Waals surface area contributed by atoms with Crippen molar-refractivity contribution in [3.05, 3.63) is 53.1 Å². The lowest BCUT2D eigenvalue weighted by atomic mass is 9.94. The molecule has 1 N–H and O–H groups in total. The highest BCUT2D eigenvalue weighted by Crippen LogP contribution is 2.36. The smallest absolute Gasteiger partial charge is 0.265 e. The average molecular weight is 506 g/mol.